The highest BCUT2D eigenvalue weighted by molar-refractivity contribution is 5.99. The first-order chi connectivity index (χ1) is 15.5. The average molecular weight is 475 g/mol. The van der Waals surface area contributed by atoms with Crippen molar-refractivity contribution in [2.24, 2.45) is 0 Å². The van der Waals surface area contributed by atoms with Crippen LogP contribution in [0.15, 0.2) is 53.2 Å². The molecule has 9 nitrogen and oxygen atoms in total. The molecule has 0 saturated heterocycles. The van der Waals surface area contributed by atoms with Gasteiger partial charge in [-0.3, -0.25) is 10.3 Å². The van der Waals surface area contributed by atoms with E-state index in [1.807, 2.05) is 0 Å². The van der Waals surface area contributed by atoms with Crippen molar-refractivity contribution in [3.8, 4) is 23.0 Å². The molecular formula is C22H20ClFN4O5. The summed E-state index contributed by atoms with van der Waals surface area (Å²) in [7, 11) is 3.05. The minimum atomic E-state index is -0.662. The normalized spacial score (nSPS) is 10.3. The predicted octanol–water partition coefficient (Wildman–Crippen LogP) is 5.55. The van der Waals surface area contributed by atoms with E-state index in [2.05, 4.69) is 20.8 Å². The molecule has 0 aliphatic heterocycles. The van der Waals surface area contributed by atoms with Gasteiger partial charge in [0, 0.05) is 35.5 Å². The van der Waals surface area contributed by atoms with E-state index in [0.29, 0.717) is 33.9 Å². The molecule has 4 rings (SSSR count). The van der Waals surface area contributed by atoms with Gasteiger partial charge in [0.25, 0.3) is 0 Å². The van der Waals surface area contributed by atoms with Crippen molar-refractivity contribution in [1.82, 2.24) is 10.1 Å². The monoisotopic (exact) mass is 474 g/mol. The first-order valence-electron chi connectivity index (χ1n) is 9.46. The van der Waals surface area contributed by atoms with Gasteiger partial charge in [0.1, 0.15) is 11.5 Å². The molecule has 0 bridgehead atoms. The molecule has 0 radical (unpaired) electrons. The molecule has 2 amide bonds. The number of halogens is 2. The topological polar surface area (TPSA) is 108 Å². The number of hydrogen-bond donors (Lipinski definition) is 2. The van der Waals surface area contributed by atoms with Crippen LogP contribution in [0, 0.1) is 12.7 Å². The lowest BCUT2D eigenvalue weighted by Crippen LogP contribution is -2.19. The second-order valence-electron chi connectivity index (χ2n) is 6.68. The second kappa shape index (κ2) is 10.0. The van der Waals surface area contributed by atoms with Crippen LogP contribution in [-0.2, 0) is 0 Å². The van der Waals surface area contributed by atoms with Gasteiger partial charge in [-0.25, -0.2) is 9.18 Å². The standard InChI is InChI=1S/C22H19FN4O5.ClH/c1-12-8-21(27-32-12)26-22(28)25-13-4-5-18(15(23)9-13)31-17-6-7-24-16-11-20(30-3)19(29-2)10-14(16)17;/h4-11H,1-3H3,(H2,25,26,27,28);1H. The number of benzene rings is 2. The zero-order valence-electron chi connectivity index (χ0n) is 17.8. The molecule has 0 atom stereocenters. The molecule has 2 N–H and O–H groups in total. The van der Waals surface area contributed by atoms with Crippen molar-refractivity contribution in [3.05, 3.63) is 60.2 Å². The molecular weight excluding hydrogens is 455 g/mol. The van der Waals surface area contributed by atoms with Crippen LogP contribution < -0.4 is 24.8 Å². The Kier molecular flexibility index (Phi) is 7.19. The van der Waals surface area contributed by atoms with Gasteiger partial charge < -0.3 is 24.1 Å². The maximum Gasteiger partial charge on any atom is 0.324 e. The predicted molar refractivity (Wildman–Crippen MR) is 122 cm³/mol. The fraction of sp³-hybridized carbons (Fsp3) is 0.136. The summed E-state index contributed by atoms with van der Waals surface area (Å²) in [6, 6.07) is 10.1. The third kappa shape index (κ3) is 5.24. The van der Waals surface area contributed by atoms with Gasteiger partial charge in [-0.15, -0.1) is 12.4 Å². The van der Waals surface area contributed by atoms with Crippen molar-refractivity contribution < 1.29 is 27.9 Å². The van der Waals surface area contributed by atoms with E-state index in [1.54, 1.807) is 37.4 Å². The van der Waals surface area contributed by atoms with Crippen LogP contribution >= 0.6 is 12.4 Å². The molecule has 2 aromatic carbocycles. The van der Waals surface area contributed by atoms with E-state index in [1.165, 1.54) is 26.4 Å². The van der Waals surface area contributed by atoms with Crippen molar-refractivity contribution in [2.75, 3.05) is 24.9 Å². The number of aryl methyl sites for hydroxylation is 1. The fourth-order valence-corrected chi connectivity index (χ4v) is 3.02. The Morgan fingerprint density at radius 2 is 1.73 bits per heavy atom. The number of urea groups is 1. The molecule has 0 spiro atoms. The number of nitrogens with zero attached hydrogens (tertiary/aromatic N) is 2. The van der Waals surface area contributed by atoms with E-state index in [-0.39, 0.29) is 29.7 Å². The molecule has 0 saturated carbocycles. The Labute approximate surface area is 194 Å². The van der Waals surface area contributed by atoms with Crippen LogP contribution in [0.5, 0.6) is 23.0 Å². The van der Waals surface area contributed by atoms with E-state index in [0.717, 1.165) is 6.07 Å². The number of nitrogens with one attached hydrogen (secondary N) is 2. The van der Waals surface area contributed by atoms with Crippen molar-refractivity contribution in [2.45, 2.75) is 6.92 Å². The van der Waals surface area contributed by atoms with Gasteiger partial charge in [-0.1, -0.05) is 5.16 Å². The Morgan fingerprint density at radius 3 is 2.39 bits per heavy atom. The van der Waals surface area contributed by atoms with Crippen LogP contribution in [0.3, 0.4) is 0 Å². The number of aromatic nitrogens is 2. The Hall–Kier alpha value is -4.05. The number of methoxy groups -OCH3 is 2. The van der Waals surface area contributed by atoms with Crippen molar-refractivity contribution in [3.63, 3.8) is 0 Å². The maximum absolute atomic E-state index is 14.7. The second-order valence-corrected chi connectivity index (χ2v) is 6.68. The van der Waals surface area contributed by atoms with Gasteiger partial charge in [0.2, 0.25) is 0 Å². The summed E-state index contributed by atoms with van der Waals surface area (Å²) in [6.07, 6.45) is 1.55. The highest BCUT2D eigenvalue weighted by Crippen LogP contribution is 2.37. The SMILES string of the molecule is COc1cc2nccc(Oc3ccc(NC(=O)Nc4cc(C)on4)cc3F)c2cc1OC.Cl. The molecule has 33 heavy (non-hydrogen) atoms. The number of hydrogen-bond acceptors (Lipinski definition) is 7. The van der Waals surface area contributed by atoms with Crippen LogP contribution in [-0.4, -0.2) is 30.4 Å². The van der Waals surface area contributed by atoms with Gasteiger partial charge in [-0.2, -0.15) is 0 Å². The Balaban J connectivity index is 0.00000306. The summed E-state index contributed by atoms with van der Waals surface area (Å²) < 4.78 is 36.0. The molecule has 11 heteroatoms. The number of rotatable bonds is 6. The van der Waals surface area contributed by atoms with Crippen LogP contribution in [0.2, 0.25) is 0 Å². The summed E-state index contributed by atoms with van der Waals surface area (Å²) in [4.78, 5) is 16.3. The number of anilines is 2. The van der Waals surface area contributed by atoms with E-state index in [9.17, 15) is 9.18 Å². The number of carbonyl (C=O) groups is 1. The smallest absolute Gasteiger partial charge is 0.324 e. The summed E-state index contributed by atoms with van der Waals surface area (Å²) in [6.45, 7) is 1.70. The lowest BCUT2D eigenvalue weighted by molar-refractivity contribution is 0.262. The van der Waals surface area contributed by atoms with Gasteiger partial charge >= 0.3 is 6.03 Å². The lowest BCUT2D eigenvalue weighted by atomic mass is 10.2. The summed E-state index contributed by atoms with van der Waals surface area (Å²) >= 11 is 0. The minimum absolute atomic E-state index is 0. The highest BCUT2D eigenvalue weighted by atomic mass is 35.5. The van der Waals surface area contributed by atoms with Crippen LogP contribution in [0.1, 0.15) is 5.76 Å². The third-order valence-electron chi connectivity index (χ3n) is 4.49. The number of carbonyl (C=O) groups excluding carboxylic acids is 1. The van der Waals surface area contributed by atoms with Crippen LogP contribution in [0.25, 0.3) is 10.9 Å². The maximum atomic E-state index is 14.7. The van der Waals surface area contributed by atoms with E-state index < -0.39 is 11.8 Å². The molecule has 0 aliphatic rings. The summed E-state index contributed by atoms with van der Waals surface area (Å²) in [5.74, 6) is 1.51. The number of fused-ring (bicyclic) bond motifs is 1. The van der Waals surface area contributed by atoms with Crippen molar-refractivity contribution >= 4 is 40.8 Å². The summed E-state index contributed by atoms with van der Waals surface area (Å²) in [5.41, 5.74) is 0.831. The Morgan fingerprint density at radius 1 is 0.970 bits per heavy atom. The third-order valence-corrected chi connectivity index (χ3v) is 4.49. The first kappa shape index (κ1) is 23.6. The number of pyridine rings is 1. The highest BCUT2D eigenvalue weighted by Gasteiger charge is 2.14. The molecule has 2 heterocycles. The first-order valence-corrected chi connectivity index (χ1v) is 9.46. The minimum Gasteiger partial charge on any atom is -0.493 e. The molecule has 0 fully saturated rings. The molecule has 4 aromatic rings. The number of amides is 2. The van der Waals surface area contributed by atoms with E-state index >= 15 is 0 Å². The fourth-order valence-electron chi connectivity index (χ4n) is 3.02. The van der Waals surface area contributed by atoms with E-state index in [4.69, 9.17) is 18.7 Å². The van der Waals surface area contributed by atoms with Crippen LogP contribution in [0.4, 0.5) is 20.7 Å². The molecule has 172 valence electrons. The van der Waals surface area contributed by atoms with Crippen molar-refractivity contribution in [1.29, 1.82) is 0 Å². The average Bonchev–Trinajstić information content (AvgIpc) is 3.19. The van der Waals surface area contributed by atoms with Gasteiger partial charge in [-0.05, 0) is 31.2 Å². The lowest BCUT2D eigenvalue weighted by Gasteiger charge is -2.13. The Bertz CT molecular complexity index is 1300. The quantitative estimate of drug-likeness (QED) is 0.377. The summed E-state index contributed by atoms with van der Waals surface area (Å²) in [5, 5.41) is 9.29. The molecule has 0 aliphatic carbocycles. The molecule has 2 aromatic heterocycles. The zero-order valence-corrected chi connectivity index (χ0v) is 18.7. The number of ether oxygens (including phenoxy) is 3. The van der Waals surface area contributed by atoms with Gasteiger partial charge in [0.05, 0.1) is 19.7 Å². The largest absolute Gasteiger partial charge is 0.493 e. The zero-order chi connectivity index (χ0) is 22.7. The molecule has 0 unspecified atom stereocenters. The van der Waals surface area contributed by atoms with Gasteiger partial charge in [0.15, 0.2) is 28.9 Å².